The third kappa shape index (κ3) is 5.76. The highest BCUT2D eigenvalue weighted by Crippen LogP contribution is 2.16. The third-order valence-electron chi connectivity index (χ3n) is 2.83. The molecule has 0 radical (unpaired) electrons. The molecular weight excluding hydrogens is 308 g/mol. The topological polar surface area (TPSA) is 50.7 Å². The van der Waals surface area contributed by atoms with Gasteiger partial charge in [0.15, 0.2) is 0 Å². The number of isothiocyanates is 1. The van der Waals surface area contributed by atoms with Gasteiger partial charge < -0.3 is 10.1 Å². The van der Waals surface area contributed by atoms with E-state index < -0.39 is 6.09 Å². The van der Waals surface area contributed by atoms with Gasteiger partial charge in [-0.05, 0) is 29.9 Å². The fourth-order valence-electron chi connectivity index (χ4n) is 1.76. The van der Waals surface area contributed by atoms with Crippen LogP contribution in [-0.2, 0) is 11.3 Å². The predicted molar refractivity (Wildman–Crippen MR) is 92.6 cm³/mol. The number of aliphatic imine (C=N–C) groups is 1. The number of ether oxygens (including phenoxy) is 1. The largest absolute Gasteiger partial charge is 0.445 e. The van der Waals surface area contributed by atoms with Crippen molar-refractivity contribution in [3.63, 3.8) is 0 Å². The molecule has 2 aromatic carbocycles. The molecule has 0 saturated heterocycles. The molecule has 0 heterocycles. The average Bonchev–Trinajstić information content (AvgIpc) is 2.59. The van der Waals surface area contributed by atoms with Crippen molar-refractivity contribution in [1.82, 2.24) is 5.32 Å². The van der Waals surface area contributed by atoms with E-state index in [0.717, 1.165) is 11.1 Å². The molecule has 1 amide bonds. The van der Waals surface area contributed by atoms with Gasteiger partial charge in [-0.1, -0.05) is 54.3 Å². The van der Waals surface area contributed by atoms with Crippen molar-refractivity contribution in [2.24, 2.45) is 4.99 Å². The Hall–Kier alpha value is -2.93. The van der Waals surface area contributed by atoms with Crippen molar-refractivity contribution in [2.45, 2.75) is 6.61 Å². The van der Waals surface area contributed by atoms with Gasteiger partial charge in [0, 0.05) is 0 Å². The first-order valence-electron chi connectivity index (χ1n) is 6.90. The lowest BCUT2D eigenvalue weighted by atomic mass is 10.2. The minimum absolute atomic E-state index is 0.184. The van der Waals surface area contributed by atoms with Crippen LogP contribution in [-0.4, -0.2) is 17.8 Å². The number of nitrogens with one attached hydrogen (secondary N) is 1. The number of rotatable bonds is 4. The average molecular weight is 322 g/mol. The first-order chi connectivity index (χ1) is 11.3. The van der Waals surface area contributed by atoms with Crippen LogP contribution in [0.1, 0.15) is 11.1 Å². The zero-order valence-corrected chi connectivity index (χ0v) is 13.1. The highest BCUT2D eigenvalue weighted by atomic mass is 32.1. The lowest BCUT2D eigenvalue weighted by Gasteiger charge is -2.04. The second-order valence-electron chi connectivity index (χ2n) is 4.44. The normalized spacial score (nSPS) is 9.04. The van der Waals surface area contributed by atoms with E-state index in [1.54, 1.807) is 6.07 Å². The summed E-state index contributed by atoms with van der Waals surface area (Å²) in [5, 5.41) is 4.89. The highest BCUT2D eigenvalue weighted by molar-refractivity contribution is 7.78. The zero-order chi connectivity index (χ0) is 16.3. The summed E-state index contributed by atoms with van der Waals surface area (Å²) in [6, 6.07) is 16.8. The Morgan fingerprint density at radius 2 is 1.87 bits per heavy atom. The standard InChI is InChI=1S/C18H14N2O2S/c21-18(22-13-15-7-2-1-3-8-15)19-12-6-10-16-9-4-5-11-17(16)20-14-23/h1-5,7-9,11H,12-13H2,(H,19,21). The summed E-state index contributed by atoms with van der Waals surface area (Å²) < 4.78 is 5.08. The first kappa shape index (κ1) is 16.4. The molecule has 0 atom stereocenters. The van der Waals surface area contributed by atoms with Gasteiger partial charge in [0.1, 0.15) is 6.61 Å². The number of hydrogen-bond acceptors (Lipinski definition) is 4. The minimum atomic E-state index is -0.506. The molecule has 0 aromatic heterocycles. The highest BCUT2D eigenvalue weighted by Gasteiger charge is 2.00. The predicted octanol–water partition coefficient (Wildman–Crippen LogP) is 3.70. The van der Waals surface area contributed by atoms with Crippen molar-refractivity contribution >= 4 is 29.2 Å². The van der Waals surface area contributed by atoms with Crippen LogP contribution in [0.15, 0.2) is 59.6 Å². The Bertz CT molecular complexity index is 772. The van der Waals surface area contributed by atoms with Gasteiger partial charge in [0.05, 0.1) is 23.0 Å². The van der Waals surface area contributed by atoms with Gasteiger partial charge >= 0.3 is 6.09 Å². The number of carbonyl (C=O) groups is 1. The van der Waals surface area contributed by atoms with E-state index in [2.05, 4.69) is 39.5 Å². The van der Waals surface area contributed by atoms with E-state index in [-0.39, 0.29) is 13.2 Å². The molecule has 0 unspecified atom stereocenters. The van der Waals surface area contributed by atoms with Crippen LogP contribution >= 0.6 is 12.2 Å². The third-order valence-corrected chi connectivity index (χ3v) is 2.92. The maximum Gasteiger partial charge on any atom is 0.408 e. The molecule has 0 aliphatic rings. The Morgan fingerprint density at radius 1 is 1.13 bits per heavy atom. The van der Waals surface area contributed by atoms with Crippen LogP contribution < -0.4 is 5.32 Å². The fraction of sp³-hybridized carbons (Fsp3) is 0.111. The summed E-state index contributed by atoms with van der Waals surface area (Å²) in [6.45, 7) is 0.412. The number of amides is 1. The second-order valence-corrected chi connectivity index (χ2v) is 4.62. The summed E-state index contributed by atoms with van der Waals surface area (Å²) in [4.78, 5) is 15.5. The molecule has 2 aromatic rings. The molecule has 0 saturated carbocycles. The van der Waals surface area contributed by atoms with Gasteiger partial charge in [-0.25, -0.2) is 4.79 Å². The fourth-order valence-corrected chi connectivity index (χ4v) is 1.85. The number of alkyl carbamates (subject to hydrolysis) is 1. The monoisotopic (exact) mass is 322 g/mol. The molecular formula is C18H14N2O2S. The van der Waals surface area contributed by atoms with Gasteiger partial charge in [-0.2, -0.15) is 4.99 Å². The SMILES string of the molecule is O=C(NCC#Cc1ccccc1N=C=S)OCc1ccccc1. The number of thiocarbonyl (C=S) groups is 1. The van der Waals surface area contributed by atoms with Crippen LogP contribution in [0.4, 0.5) is 10.5 Å². The Kier molecular flexibility index (Phi) is 6.55. The van der Waals surface area contributed by atoms with Gasteiger partial charge in [-0.3, -0.25) is 0 Å². The quantitative estimate of drug-likeness (QED) is 0.530. The number of hydrogen-bond donors (Lipinski definition) is 1. The van der Waals surface area contributed by atoms with Crippen molar-refractivity contribution in [1.29, 1.82) is 0 Å². The molecule has 2 rings (SSSR count). The second kappa shape index (κ2) is 9.16. The first-order valence-corrected chi connectivity index (χ1v) is 7.31. The molecule has 23 heavy (non-hydrogen) atoms. The number of benzene rings is 2. The van der Waals surface area contributed by atoms with Gasteiger partial charge in [0.25, 0.3) is 0 Å². The van der Waals surface area contributed by atoms with Crippen LogP contribution in [0.5, 0.6) is 0 Å². The van der Waals surface area contributed by atoms with E-state index in [1.165, 1.54) is 0 Å². The van der Waals surface area contributed by atoms with Crippen molar-refractivity contribution in [2.75, 3.05) is 6.54 Å². The molecule has 1 N–H and O–H groups in total. The van der Waals surface area contributed by atoms with E-state index in [0.29, 0.717) is 5.69 Å². The number of para-hydroxylation sites is 1. The van der Waals surface area contributed by atoms with Crippen molar-refractivity contribution in [3.8, 4) is 11.8 Å². The van der Waals surface area contributed by atoms with E-state index >= 15 is 0 Å². The van der Waals surface area contributed by atoms with Crippen LogP contribution in [0.2, 0.25) is 0 Å². The van der Waals surface area contributed by atoms with Gasteiger partial charge in [0.2, 0.25) is 0 Å². The molecule has 0 aliphatic heterocycles. The Morgan fingerprint density at radius 3 is 2.65 bits per heavy atom. The minimum Gasteiger partial charge on any atom is -0.445 e. The molecule has 5 heteroatoms. The zero-order valence-electron chi connectivity index (χ0n) is 12.3. The summed E-state index contributed by atoms with van der Waals surface area (Å²) >= 11 is 4.59. The number of nitrogens with zero attached hydrogens (tertiary/aromatic N) is 1. The van der Waals surface area contributed by atoms with E-state index in [4.69, 9.17) is 4.74 Å². The van der Waals surface area contributed by atoms with Crippen molar-refractivity contribution < 1.29 is 9.53 Å². The molecule has 4 nitrogen and oxygen atoms in total. The summed E-state index contributed by atoms with van der Waals surface area (Å²) in [5.74, 6) is 5.77. The summed E-state index contributed by atoms with van der Waals surface area (Å²) in [6.07, 6.45) is -0.506. The van der Waals surface area contributed by atoms with Gasteiger partial charge in [-0.15, -0.1) is 0 Å². The summed E-state index contributed by atoms with van der Waals surface area (Å²) in [7, 11) is 0. The van der Waals surface area contributed by atoms with Crippen LogP contribution in [0, 0.1) is 11.8 Å². The Balaban J connectivity index is 1.81. The Labute approximate surface area is 140 Å². The smallest absolute Gasteiger partial charge is 0.408 e. The lowest BCUT2D eigenvalue weighted by Crippen LogP contribution is -2.24. The number of carbonyl (C=O) groups excluding carboxylic acids is 1. The summed E-state index contributed by atoms with van der Waals surface area (Å²) in [5.41, 5.74) is 2.31. The lowest BCUT2D eigenvalue weighted by molar-refractivity contribution is 0.141. The molecule has 0 spiro atoms. The van der Waals surface area contributed by atoms with Crippen LogP contribution in [0.3, 0.4) is 0 Å². The molecule has 114 valence electrons. The molecule has 0 aliphatic carbocycles. The molecule has 0 bridgehead atoms. The maximum absolute atomic E-state index is 11.6. The maximum atomic E-state index is 11.6. The van der Waals surface area contributed by atoms with Crippen LogP contribution in [0.25, 0.3) is 0 Å². The van der Waals surface area contributed by atoms with Crippen molar-refractivity contribution in [3.05, 3.63) is 65.7 Å². The van der Waals surface area contributed by atoms with E-state index in [9.17, 15) is 4.79 Å². The van der Waals surface area contributed by atoms with E-state index in [1.807, 2.05) is 48.5 Å². The molecule has 0 fully saturated rings.